The number of hydrogen-bond donors (Lipinski definition) is 0. The molecule has 0 atom stereocenters. The maximum Gasteiger partial charge on any atom is -0.0316 e. The van der Waals surface area contributed by atoms with E-state index in [1.165, 1.54) is 25.7 Å². The second-order valence-corrected chi connectivity index (χ2v) is 2.84. The minimum atomic E-state index is 1.14. The molecule has 68 valence electrons. The van der Waals surface area contributed by atoms with Crippen molar-refractivity contribution in [1.29, 1.82) is 0 Å². The standard InChI is InChI=1S/C12H20/c1-3-5-7-9-11-12-10-8-6-4-2/h3-4,6,11-12H,1,5,7-10H2,2H3/b6-4+,12-11+. The maximum atomic E-state index is 3.69. The normalized spacial score (nSPS) is 11.4. The largest absolute Gasteiger partial charge is 0.103 e. The van der Waals surface area contributed by atoms with Gasteiger partial charge in [-0.25, -0.2) is 0 Å². The smallest absolute Gasteiger partial charge is 0.0316 e. The van der Waals surface area contributed by atoms with E-state index >= 15 is 0 Å². The fourth-order valence-electron chi connectivity index (χ4n) is 0.975. The Morgan fingerprint density at radius 2 is 1.58 bits per heavy atom. The summed E-state index contributed by atoms with van der Waals surface area (Å²) in [7, 11) is 0. The average molecular weight is 164 g/mol. The van der Waals surface area contributed by atoms with E-state index in [-0.39, 0.29) is 0 Å². The number of rotatable bonds is 7. The monoisotopic (exact) mass is 164 g/mol. The summed E-state index contributed by atoms with van der Waals surface area (Å²) in [5.74, 6) is 0. The van der Waals surface area contributed by atoms with E-state index in [0.717, 1.165) is 6.42 Å². The van der Waals surface area contributed by atoms with Crippen molar-refractivity contribution in [3.05, 3.63) is 37.0 Å². The van der Waals surface area contributed by atoms with Gasteiger partial charge in [-0.2, -0.15) is 0 Å². The number of hydrogen-bond acceptors (Lipinski definition) is 0. The van der Waals surface area contributed by atoms with Gasteiger partial charge in [0.05, 0.1) is 0 Å². The first-order chi connectivity index (χ1) is 5.91. The van der Waals surface area contributed by atoms with Crippen LogP contribution in [0.25, 0.3) is 0 Å². The first-order valence-corrected chi connectivity index (χ1v) is 4.79. The summed E-state index contributed by atoms with van der Waals surface area (Å²) < 4.78 is 0. The molecule has 0 heteroatoms. The SMILES string of the molecule is C=CCCC/C=C/CC/C=C/C. The Morgan fingerprint density at radius 1 is 0.917 bits per heavy atom. The van der Waals surface area contributed by atoms with Crippen LogP contribution in [0.15, 0.2) is 37.0 Å². The first-order valence-electron chi connectivity index (χ1n) is 4.79. The Kier molecular flexibility index (Phi) is 9.56. The summed E-state index contributed by atoms with van der Waals surface area (Å²) in [5, 5.41) is 0. The van der Waals surface area contributed by atoms with Gasteiger partial charge in [-0.1, -0.05) is 30.4 Å². The fourth-order valence-corrected chi connectivity index (χ4v) is 0.975. The summed E-state index contributed by atoms with van der Waals surface area (Å²) >= 11 is 0. The Balaban J connectivity index is 3.08. The molecule has 0 heterocycles. The highest BCUT2D eigenvalue weighted by atomic mass is 13.9. The summed E-state index contributed by atoms with van der Waals surface area (Å²) in [6.07, 6.45) is 16.8. The summed E-state index contributed by atoms with van der Waals surface area (Å²) in [6.45, 7) is 5.75. The summed E-state index contributed by atoms with van der Waals surface area (Å²) in [6, 6.07) is 0. The second kappa shape index (κ2) is 10.2. The molecule has 0 rings (SSSR count). The molecule has 0 aromatic rings. The molecule has 0 N–H and O–H groups in total. The van der Waals surface area contributed by atoms with Gasteiger partial charge in [0, 0.05) is 0 Å². The molecule has 0 saturated heterocycles. The molecule has 0 fully saturated rings. The van der Waals surface area contributed by atoms with E-state index in [1.54, 1.807) is 0 Å². The molecule has 0 aromatic heterocycles. The van der Waals surface area contributed by atoms with Crippen LogP contribution in [0.5, 0.6) is 0 Å². The lowest BCUT2D eigenvalue weighted by Crippen LogP contribution is -1.69. The molecule has 0 unspecified atom stereocenters. The van der Waals surface area contributed by atoms with Crippen molar-refractivity contribution in [3.8, 4) is 0 Å². The zero-order valence-corrected chi connectivity index (χ0v) is 8.13. The molecule has 0 bridgehead atoms. The quantitative estimate of drug-likeness (QED) is 0.389. The van der Waals surface area contributed by atoms with Crippen LogP contribution in [0.4, 0.5) is 0 Å². The highest BCUT2D eigenvalue weighted by Gasteiger charge is 1.79. The average Bonchev–Trinajstić information content (AvgIpc) is 2.10. The van der Waals surface area contributed by atoms with Crippen LogP contribution in [0.2, 0.25) is 0 Å². The maximum absolute atomic E-state index is 3.69. The molecule has 0 saturated carbocycles. The van der Waals surface area contributed by atoms with Crippen molar-refractivity contribution in [2.45, 2.75) is 39.0 Å². The molecule has 0 spiro atoms. The second-order valence-electron chi connectivity index (χ2n) is 2.84. The molecule has 12 heavy (non-hydrogen) atoms. The Bertz CT molecular complexity index is 140. The van der Waals surface area contributed by atoms with Gasteiger partial charge in [-0.3, -0.25) is 0 Å². The van der Waals surface area contributed by atoms with E-state index < -0.39 is 0 Å². The van der Waals surface area contributed by atoms with Crippen LogP contribution in [-0.2, 0) is 0 Å². The fraction of sp³-hybridized carbons (Fsp3) is 0.500. The molecule has 0 aliphatic heterocycles. The molecule has 0 aliphatic rings. The van der Waals surface area contributed by atoms with Crippen LogP contribution in [-0.4, -0.2) is 0 Å². The van der Waals surface area contributed by atoms with E-state index in [4.69, 9.17) is 0 Å². The van der Waals surface area contributed by atoms with E-state index in [0.29, 0.717) is 0 Å². The number of unbranched alkanes of at least 4 members (excludes halogenated alkanes) is 3. The minimum absolute atomic E-state index is 1.14. The Hall–Kier alpha value is -0.780. The predicted molar refractivity (Wildman–Crippen MR) is 57.2 cm³/mol. The highest BCUT2D eigenvalue weighted by molar-refractivity contribution is 4.86. The van der Waals surface area contributed by atoms with Crippen molar-refractivity contribution < 1.29 is 0 Å². The van der Waals surface area contributed by atoms with Gasteiger partial charge in [0.25, 0.3) is 0 Å². The van der Waals surface area contributed by atoms with Gasteiger partial charge < -0.3 is 0 Å². The third-order valence-electron chi connectivity index (χ3n) is 1.68. The van der Waals surface area contributed by atoms with Gasteiger partial charge in [0.2, 0.25) is 0 Å². The number of allylic oxidation sites excluding steroid dienone is 5. The lowest BCUT2D eigenvalue weighted by atomic mass is 10.2. The van der Waals surface area contributed by atoms with E-state index in [9.17, 15) is 0 Å². The van der Waals surface area contributed by atoms with Crippen LogP contribution in [0.3, 0.4) is 0 Å². The third kappa shape index (κ3) is 9.22. The van der Waals surface area contributed by atoms with Crippen molar-refractivity contribution in [2.75, 3.05) is 0 Å². The van der Waals surface area contributed by atoms with Crippen molar-refractivity contribution in [3.63, 3.8) is 0 Å². The van der Waals surface area contributed by atoms with Crippen LogP contribution in [0, 0.1) is 0 Å². The van der Waals surface area contributed by atoms with E-state index in [1.807, 2.05) is 6.08 Å². The highest BCUT2D eigenvalue weighted by Crippen LogP contribution is 1.99. The van der Waals surface area contributed by atoms with Crippen molar-refractivity contribution in [1.82, 2.24) is 0 Å². The van der Waals surface area contributed by atoms with Crippen LogP contribution < -0.4 is 0 Å². The van der Waals surface area contributed by atoms with Crippen molar-refractivity contribution >= 4 is 0 Å². The van der Waals surface area contributed by atoms with Gasteiger partial charge in [0.15, 0.2) is 0 Å². The molecule has 0 aliphatic carbocycles. The molecule has 0 nitrogen and oxygen atoms in total. The molecule has 0 aromatic carbocycles. The zero-order valence-electron chi connectivity index (χ0n) is 8.13. The Labute approximate surface area is 76.7 Å². The zero-order chi connectivity index (χ0) is 9.07. The molecule has 0 radical (unpaired) electrons. The molecule has 0 amide bonds. The predicted octanol–water partition coefficient (Wildman–Crippen LogP) is 4.26. The minimum Gasteiger partial charge on any atom is -0.103 e. The van der Waals surface area contributed by atoms with Crippen LogP contribution >= 0.6 is 0 Å². The van der Waals surface area contributed by atoms with Gasteiger partial charge in [-0.15, -0.1) is 6.58 Å². The van der Waals surface area contributed by atoms with Gasteiger partial charge in [-0.05, 0) is 39.0 Å². The Morgan fingerprint density at radius 3 is 2.25 bits per heavy atom. The van der Waals surface area contributed by atoms with Gasteiger partial charge in [0.1, 0.15) is 0 Å². The molecular weight excluding hydrogens is 144 g/mol. The van der Waals surface area contributed by atoms with Crippen molar-refractivity contribution in [2.24, 2.45) is 0 Å². The van der Waals surface area contributed by atoms with Crippen LogP contribution in [0.1, 0.15) is 39.0 Å². The first kappa shape index (κ1) is 11.2. The van der Waals surface area contributed by atoms with Gasteiger partial charge >= 0.3 is 0 Å². The summed E-state index contributed by atoms with van der Waals surface area (Å²) in [5.41, 5.74) is 0. The lowest BCUT2D eigenvalue weighted by molar-refractivity contribution is 0.864. The summed E-state index contributed by atoms with van der Waals surface area (Å²) in [4.78, 5) is 0. The lowest BCUT2D eigenvalue weighted by Gasteiger charge is -1.89. The topological polar surface area (TPSA) is 0 Å². The molecular formula is C12H20. The van der Waals surface area contributed by atoms with E-state index in [2.05, 4.69) is 37.8 Å². The third-order valence-corrected chi connectivity index (χ3v) is 1.68.